The first kappa shape index (κ1) is 15.6. The van der Waals surface area contributed by atoms with Crippen LogP contribution in [0.1, 0.15) is 22.3 Å². The molecule has 116 valence electrons. The summed E-state index contributed by atoms with van der Waals surface area (Å²) in [5.74, 6) is -0.322. The number of thiophene rings is 1. The zero-order valence-electron chi connectivity index (χ0n) is 12.2. The Hall–Kier alpha value is -2.25. The Morgan fingerprint density at radius 2 is 2.09 bits per heavy atom. The predicted octanol–water partition coefficient (Wildman–Crippen LogP) is 4.05. The minimum Gasteiger partial charge on any atom is -0.272 e. The fraction of sp³-hybridized carbons (Fsp3) is 0.0625. The first-order chi connectivity index (χ1) is 11.1. The Kier molecular flexibility index (Phi) is 4.68. The number of H-pyrrole nitrogens is 1. The normalized spacial score (nSPS) is 11.5. The summed E-state index contributed by atoms with van der Waals surface area (Å²) in [7, 11) is 0. The molecule has 1 aromatic carbocycles. The molecular weight excluding hydrogens is 376 g/mol. The van der Waals surface area contributed by atoms with Crippen LogP contribution in [-0.2, 0) is 0 Å². The Bertz CT molecular complexity index is 837. The number of rotatable bonds is 4. The molecule has 0 aliphatic carbocycles. The maximum atomic E-state index is 12.1. The molecule has 23 heavy (non-hydrogen) atoms. The lowest BCUT2D eigenvalue weighted by molar-refractivity contribution is 0.0950. The van der Waals surface area contributed by atoms with Crippen molar-refractivity contribution in [2.45, 2.75) is 6.92 Å². The summed E-state index contributed by atoms with van der Waals surface area (Å²) in [6.07, 6.45) is 0. The van der Waals surface area contributed by atoms with Gasteiger partial charge in [-0.2, -0.15) is 10.2 Å². The van der Waals surface area contributed by atoms with Gasteiger partial charge in [-0.05, 0) is 36.6 Å². The van der Waals surface area contributed by atoms with E-state index in [2.05, 4.69) is 36.7 Å². The Balaban J connectivity index is 1.71. The second-order valence-electron chi connectivity index (χ2n) is 4.79. The summed E-state index contributed by atoms with van der Waals surface area (Å²) in [5.41, 5.74) is 5.31. The molecule has 2 N–H and O–H groups in total. The average Bonchev–Trinajstić information content (AvgIpc) is 3.24. The minimum atomic E-state index is -0.322. The van der Waals surface area contributed by atoms with E-state index in [1.54, 1.807) is 17.4 Å². The number of aromatic nitrogens is 2. The van der Waals surface area contributed by atoms with E-state index < -0.39 is 0 Å². The Morgan fingerprint density at radius 1 is 1.30 bits per heavy atom. The molecule has 0 saturated carbocycles. The lowest BCUT2D eigenvalue weighted by Crippen LogP contribution is -2.19. The molecule has 0 unspecified atom stereocenters. The molecule has 0 aliphatic rings. The van der Waals surface area contributed by atoms with E-state index in [1.807, 2.05) is 48.7 Å². The summed E-state index contributed by atoms with van der Waals surface area (Å²) >= 11 is 4.97. The van der Waals surface area contributed by atoms with Crippen molar-refractivity contribution in [2.75, 3.05) is 0 Å². The van der Waals surface area contributed by atoms with Gasteiger partial charge in [0.25, 0.3) is 5.91 Å². The molecule has 0 spiro atoms. The molecule has 0 bridgehead atoms. The van der Waals surface area contributed by atoms with Crippen molar-refractivity contribution in [1.82, 2.24) is 15.6 Å². The lowest BCUT2D eigenvalue weighted by atomic mass is 10.1. The van der Waals surface area contributed by atoms with Gasteiger partial charge in [-0.3, -0.25) is 9.89 Å². The van der Waals surface area contributed by atoms with Crippen molar-refractivity contribution in [3.05, 3.63) is 62.9 Å². The van der Waals surface area contributed by atoms with E-state index in [0.717, 1.165) is 20.6 Å². The number of benzene rings is 1. The molecule has 5 nitrogen and oxygen atoms in total. The van der Waals surface area contributed by atoms with E-state index in [9.17, 15) is 4.79 Å². The highest BCUT2D eigenvalue weighted by Gasteiger charge is 2.11. The maximum absolute atomic E-state index is 12.1. The number of hydrazone groups is 1. The van der Waals surface area contributed by atoms with Crippen LogP contribution in [0.4, 0.5) is 0 Å². The van der Waals surface area contributed by atoms with Gasteiger partial charge >= 0.3 is 0 Å². The molecule has 1 amide bonds. The van der Waals surface area contributed by atoms with Crippen molar-refractivity contribution in [3.63, 3.8) is 0 Å². The van der Waals surface area contributed by atoms with Crippen LogP contribution in [0.15, 0.2) is 57.4 Å². The van der Waals surface area contributed by atoms with Crippen LogP contribution < -0.4 is 5.43 Å². The Labute approximate surface area is 145 Å². The molecule has 3 rings (SSSR count). The fourth-order valence-electron chi connectivity index (χ4n) is 1.94. The molecule has 3 aromatic rings. The molecule has 0 aliphatic heterocycles. The molecule has 2 heterocycles. The number of hydrogen-bond donors (Lipinski definition) is 2. The predicted molar refractivity (Wildman–Crippen MR) is 95.7 cm³/mol. The second kappa shape index (κ2) is 6.89. The SMILES string of the molecule is C/C(=N\NC(=O)c1cc(-c2ccc(Br)cc2)n[nH]1)c1cccs1. The van der Waals surface area contributed by atoms with E-state index in [4.69, 9.17) is 0 Å². The van der Waals surface area contributed by atoms with Crippen LogP contribution in [-0.4, -0.2) is 21.8 Å². The van der Waals surface area contributed by atoms with Crippen LogP contribution in [0.3, 0.4) is 0 Å². The molecule has 0 fully saturated rings. The topological polar surface area (TPSA) is 70.1 Å². The van der Waals surface area contributed by atoms with Crippen LogP contribution in [0, 0.1) is 0 Å². The third-order valence-electron chi connectivity index (χ3n) is 3.17. The molecule has 0 saturated heterocycles. The van der Waals surface area contributed by atoms with Gasteiger partial charge in [-0.1, -0.05) is 34.1 Å². The van der Waals surface area contributed by atoms with Gasteiger partial charge in [0.15, 0.2) is 0 Å². The number of amides is 1. The monoisotopic (exact) mass is 388 g/mol. The van der Waals surface area contributed by atoms with Crippen LogP contribution in [0.25, 0.3) is 11.3 Å². The third kappa shape index (κ3) is 3.75. The largest absolute Gasteiger partial charge is 0.289 e. The summed E-state index contributed by atoms with van der Waals surface area (Å²) in [5, 5.41) is 13.0. The number of carbonyl (C=O) groups excluding carboxylic acids is 1. The lowest BCUT2D eigenvalue weighted by Gasteiger charge is -1.98. The van der Waals surface area contributed by atoms with Crippen molar-refractivity contribution in [2.24, 2.45) is 5.10 Å². The summed E-state index contributed by atoms with van der Waals surface area (Å²) in [4.78, 5) is 13.1. The van der Waals surface area contributed by atoms with Crippen molar-refractivity contribution in [3.8, 4) is 11.3 Å². The van der Waals surface area contributed by atoms with E-state index >= 15 is 0 Å². The van der Waals surface area contributed by atoms with Gasteiger partial charge in [-0.25, -0.2) is 5.43 Å². The first-order valence-electron chi connectivity index (χ1n) is 6.83. The summed E-state index contributed by atoms with van der Waals surface area (Å²) in [6.45, 7) is 1.85. The van der Waals surface area contributed by atoms with E-state index in [1.165, 1.54) is 0 Å². The first-order valence-corrected chi connectivity index (χ1v) is 8.50. The maximum Gasteiger partial charge on any atom is 0.289 e. The number of hydrogen-bond acceptors (Lipinski definition) is 4. The van der Waals surface area contributed by atoms with E-state index in [0.29, 0.717) is 11.4 Å². The third-order valence-corrected chi connectivity index (χ3v) is 4.67. The number of carbonyl (C=O) groups is 1. The number of halogens is 1. The molecule has 0 atom stereocenters. The Morgan fingerprint density at radius 3 is 2.78 bits per heavy atom. The zero-order chi connectivity index (χ0) is 16.2. The summed E-state index contributed by atoms with van der Waals surface area (Å²) in [6, 6.07) is 13.3. The van der Waals surface area contributed by atoms with Crippen molar-refractivity contribution >= 4 is 38.9 Å². The summed E-state index contributed by atoms with van der Waals surface area (Å²) < 4.78 is 0.994. The fourth-order valence-corrected chi connectivity index (χ4v) is 2.88. The number of nitrogens with zero attached hydrogens (tertiary/aromatic N) is 2. The highest BCUT2D eigenvalue weighted by molar-refractivity contribution is 9.10. The van der Waals surface area contributed by atoms with E-state index in [-0.39, 0.29) is 5.91 Å². The molecule has 7 heteroatoms. The number of nitrogens with one attached hydrogen (secondary N) is 2. The van der Waals surface area contributed by atoms with Crippen molar-refractivity contribution < 1.29 is 4.79 Å². The minimum absolute atomic E-state index is 0.322. The van der Waals surface area contributed by atoms with Gasteiger partial charge in [0.1, 0.15) is 5.69 Å². The number of aromatic amines is 1. The van der Waals surface area contributed by atoms with Crippen LogP contribution >= 0.6 is 27.3 Å². The van der Waals surface area contributed by atoms with Gasteiger partial charge in [-0.15, -0.1) is 11.3 Å². The van der Waals surface area contributed by atoms with Gasteiger partial charge < -0.3 is 0 Å². The highest BCUT2D eigenvalue weighted by atomic mass is 79.9. The molecule has 0 radical (unpaired) electrons. The standard InChI is InChI=1S/C16H13BrN4OS/c1-10(15-3-2-8-23-15)18-21-16(22)14-9-13(19-20-14)11-4-6-12(17)7-5-11/h2-9H,1H3,(H,19,20)(H,21,22)/b18-10+. The van der Waals surface area contributed by atoms with Gasteiger partial charge in [0, 0.05) is 14.9 Å². The van der Waals surface area contributed by atoms with Crippen molar-refractivity contribution in [1.29, 1.82) is 0 Å². The van der Waals surface area contributed by atoms with Crippen LogP contribution in [0.2, 0.25) is 0 Å². The van der Waals surface area contributed by atoms with Crippen LogP contribution in [0.5, 0.6) is 0 Å². The molecular formula is C16H13BrN4OS. The second-order valence-corrected chi connectivity index (χ2v) is 6.65. The average molecular weight is 389 g/mol. The quantitative estimate of drug-likeness (QED) is 0.522. The smallest absolute Gasteiger partial charge is 0.272 e. The zero-order valence-corrected chi connectivity index (χ0v) is 14.6. The van der Waals surface area contributed by atoms with Gasteiger partial charge in [0.05, 0.1) is 11.4 Å². The molecule has 2 aromatic heterocycles. The van der Waals surface area contributed by atoms with Gasteiger partial charge in [0.2, 0.25) is 0 Å². The highest BCUT2D eigenvalue weighted by Crippen LogP contribution is 2.20.